The number of likely N-dealkylation sites (tertiary alicyclic amines) is 1. The second-order valence-electron chi connectivity index (χ2n) is 9.40. The van der Waals surface area contributed by atoms with Crippen LogP contribution in [0.25, 0.3) is 0 Å². The van der Waals surface area contributed by atoms with Crippen molar-refractivity contribution in [2.75, 3.05) is 32.6 Å². The highest BCUT2D eigenvalue weighted by atomic mass is 16.5. The second kappa shape index (κ2) is 8.47. The largest absolute Gasteiger partial charge is 0.493 e. The minimum Gasteiger partial charge on any atom is -0.493 e. The summed E-state index contributed by atoms with van der Waals surface area (Å²) in [7, 11) is 3.16. The zero-order valence-electron chi connectivity index (χ0n) is 19.5. The number of hydrogen-bond acceptors (Lipinski definition) is 5. The highest BCUT2D eigenvalue weighted by molar-refractivity contribution is 6.05. The molecule has 7 nitrogen and oxygen atoms in total. The molecule has 2 aromatic carbocycles. The summed E-state index contributed by atoms with van der Waals surface area (Å²) in [4.78, 5) is 20.3. The summed E-state index contributed by atoms with van der Waals surface area (Å²) in [5.41, 5.74) is 2.15. The lowest BCUT2D eigenvalue weighted by atomic mass is 9.95. The number of methoxy groups -OCH3 is 2. The Kier molecular flexibility index (Phi) is 5.86. The van der Waals surface area contributed by atoms with E-state index in [4.69, 9.17) is 14.5 Å². The number of carbonyl (C=O) groups is 1. The molecule has 2 aliphatic heterocycles. The van der Waals surface area contributed by atoms with Gasteiger partial charge in [0, 0.05) is 30.9 Å². The molecule has 2 aromatic rings. The van der Waals surface area contributed by atoms with Gasteiger partial charge in [-0.2, -0.15) is 0 Å². The maximum absolute atomic E-state index is 13.4. The number of carbonyl (C=O) groups excluding carboxylic acids is 1. The molecule has 170 valence electrons. The van der Waals surface area contributed by atoms with Crippen molar-refractivity contribution in [2.24, 2.45) is 4.99 Å². The summed E-state index contributed by atoms with van der Waals surface area (Å²) in [6.07, 6.45) is 0.780. The van der Waals surface area contributed by atoms with Gasteiger partial charge in [0.05, 0.1) is 25.3 Å². The van der Waals surface area contributed by atoms with Crippen LogP contribution >= 0.6 is 0 Å². The van der Waals surface area contributed by atoms with E-state index in [0.717, 1.165) is 17.9 Å². The number of amidine groups is 1. The Morgan fingerprint density at radius 1 is 1.09 bits per heavy atom. The maximum Gasteiger partial charge on any atom is 0.254 e. The van der Waals surface area contributed by atoms with Crippen LogP contribution in [0.15, 0.2) is 47.5 Å². The molecule has 1 amide bonds. The number of para-hydroxylation sites is 1. The lowest BCUT2D eigenvalue weighted by molar-refractivity contribution is 0.0785. The summed E-state index contributed by atoms with van der Waals surface area (Å²) in [5, 5.41) is 7.33. The molecular weight excluding hydrogens is 404 g/mol. The zero-order valence-corrected chi connectivity index (χ0v) is 19.5. The van der Waals surface area contributed by atoms with Crippen LogP contribution in [0.1, 0.15) is 43.1 Å². The van der Waals surface area contributed by atoms with Gasteiger partial charge < -0.3 is 19.7 Å². The average Bonchev–Trinajstić information content (AvgIpc) is 3.15. The highest BCUT2D eigenvalue weighted by Gasteiger charge is 2.46. The number of fused-ring (bicyclic) bond motifs is 1. The first-order valence-corrected chi connectivity index (χ1v) is 11.0. The van der Waals surface area contributed by atoms with Crippen LogP contribution < -0.4 is 20.1 Å². The van der Waals surface area contributed by atoms with Crippen LogP contribution in [0.5, 0.6) is 11.5 Å². The van der Waals surface area contributed by atoms with Gasteiger partial charge in [0.25, 0.3) is 5.91 Å². The van der Waals surface area contributed by atoms with Crippen molar-refractivity contribution in [1.82, 2.24) is 10.2 Å². The fourth-order valence-corrected chi connectivity index (χ4v) is 4.33. The van der Waals surface area contributed by atoms with Crippen molar-refractivity contribution < 1.29 is 14.3 Å². The Bertz CT molecular complexity index is 1040. The van der Waals surface area contributed by atoms with Crippen LogP contribution in [0.4, 0.5) is 5.69 Å². The van der Waals surface area contributed by atoms with Crippen molar-refractivity contribution in [3.8, 4) is 11.5 Å². The number of rotatable bonds is 3. The van der Waals surface area contributed by atoms with Gasteiger partial charge in [0.1, 0.15) is 5.84 Å². The Balaban J connectivity index is 1.64. The number of ether oxygens (including phenoxy) is 2. The van der Waals surface area contributed by atoms with Gasteiger partial charge in [0.15, 0.2) is 11.5 Å². The number of nitrogens with zero attached hydrogens (tertiary/aromatic N) is 2. The Hall–Kier alpha value is -3.06. The molecule has 32 heavy (non-hydrogen) atoms. The molecule has 7 heteroatoms. The minimum absolute atomic E-state index is 0.0264. The van der Waals surface area contributed by atoms with Crippen molar-refractivity contribution in [1.29, 1.82) is 0 Å². The van der Waals surface area contributed by atoms with Crippen LogP contribution in [0, 0.1) is 0 Å². The number of hydrogen-bond donors (Lipinski definition) is 2. The van der Waals surface area contributed by atoms with E-state index in [9.17, 15) is 4.79 Å². The highest BCUT2D eigenvalue weighted by Crippen LogP contribution is 2.33. The minimum atomic E-state index is -0.432. The molecule has 0 bridgehead atoms. The molecule has 0 saturated carbocycles. The lowest BCUT2D eigenvalue weighted by Crippen LogP contribution is -2.56. The number of anilines is 1. The molecule has 0 aliphatic carbocycles. The zero-order chi connectivity index (χ0) is 22.9. The number of benzene rings is 2. The fraction of sp³-hybridized carbons (Fsp3) is 0.440. The first-order valence-electron chi connectivity index (χ1n) is 11.0. The van der Waals surface area contributed by atoms with Crippen molar-refractivity contribution in [3.63, 3.8) is 0 Å². The number of nitrogens with one attached hydrogen (secondary N) is 2. The van der Waals surface area contributed by atoms with Gasteiger partial charge in [-0.3, -0.25) is 15.1 Å². The monoisotopic (exact) mass is 436 g/mol. The van der Waals surface area contributed by atoms with Gasteiger partial charge in [-0.1, -0.05) is 18.2 Å². The predicted molar refractivity (Wildman–Crippen MR) is 127 cm³/mol. The smallest absolute Gasteiger partial charge is 0.254 e. The summed E-state index contributed by atoms with van der Waals surface area (Å²) in [6, 6.07) is 13.6. The van der Waals surface area contributed by atoms with Crippen molar-refractivity contribution in [3.05, 3.63) is 53.6 Å². The summed E-state index contributed by atoms with van der Waals surface area (Å²) in [6.45, 7) is 8.16. The van der Waals surface area contributed by atoms with Crippen LogP contribution in [-0.2, 0) is 6.54 Å². The van der Waals surface area contributed by atoms with Crippen molar-refractivity contribution >= 4 is 17.4 Å². The fourth-order valence-electron chi connectivity index (χ4n) is 4.33. The Morgan fingerprint density at radius 3 is 2.56 bits per heavy atom. The van der Waals surface area contributed by atoms with Crippen LogP contribution in [0.3, 0.4) is 0 Å². The third-order valence-corrected chi connectivity index (χ3v) is 5.98. The SMILES string of the molecule is COc1ccc(C(=O)N2CC[C@]3(C2)NCc2ccccc2NC3=NC(C)(C)C)cc1OC. The van der Waals surface area contributed by atoms with Gasteiger partial charge in [-0.05, 0) is 57.0 Å². The van der Waals surface area contributed by atoms with E-state index in [1.807, 2.05) is 17.0 Å². The van der Waals surface area contributed by atoms with E-state index in [1.165, 1.54) is 5.56 Å². The normalized spacial score (nSPS) is 21.8. The quantitative estimate of drug-likeness (QED) is 0.767. The van der Waals surface area contributed by atoms with E-state index in [-0.39, 0.29) is 11.4 Å². The third-order valence-electron chi connectivity index (χ3n) is 5.98. The molecule has 0 aromatic heterocycles. The molecular formula is C25H32N4O3. The standard InChI is InChI=1S/C25H32N4O3/c1-24(2,3)28-23-25(26-15-18-8-6-7-9-19(18)27-23)12-13-29(16-25)22(30)17-10-11-20(31-4)21(14-17)32-5/h6-11,14,26H,12-13,15-16H2,1-5H3,(H,27,28)/t25-/m1/s1. The summed E-state index contributed by atoms with van der Waals surface area (Å²) >= 11 is 0. The first kappa shape index (κ1) is 22.1. The average molecular weight is 437 g/mol. The molecule has 1 saturated heterocycles. The molecule has 4 rings (SSSR count). The molecule has 0 unspecified atom stereocenters. The van der Waals surface area contributed by atoms with Crippen molar-refractivity contribution in [2.45, 2.75) is 44.8 Å². The molecule has 2 heterocycles. The maximum atomic E-state index is 13.4. The van der Waals surface area contributed by atoms with E-state index < -0.39 is 5.54 Å². The number of aliphatic imine (C=N–C) groups is 1. The third kappa shape index (κ3) is 4.30. The van der Waals surface area contributed by atoms with E-state index in [1.54, 1.807) is 32.4 Å². The van der Waals surface area contributed by atoms with Gasteiger partial charge in [-0.15, -0.1) is 0 Å². The van der Waals surface area contributed by atoms with Crippen LogP contribution in [0.2, 0.25) is 0 Å². The first-order chi connectivity index (χ1) is 15.2. The Morgan fingerprint density at radius 2 is 1.84 bits per heavy atom. The number of amides is 1. The van der Waals surface area contributed by atoms with Crippen LogP contribution in [-0.4, -0.2) is 55.0 Å². The van der Waals surface area contributed by atoms with E-state index in [0.29, 0.717) is 36.7 Å². The predicted octanol–water partition coefficient (Wildman–Crippen LogP) is 3.70. The Labute approximate surface area is 189 Å². The molecule has 2 aliphatic rings. The summed E-state index contributed by atoms with van der Waals surface area (Å²) < 4.78 is 10.7. The van der Waals surface area contributed by atoms with E-state index >= 15 is 0 Å². The molecule has 1 spiro atoms. The van der Waals surface area contributed by atoms with E-state index in [2.05, 4.69) is 43.5 Å². The second-order valence-corrected chi connectivity index (χ2v) is 9.40. The molecule has 1 fully saturated rings. The van der Waals surface area contributed by atoms with Gasteiger partial charge in [-0.25, -0.2) is 0 Å². The van der Waals surface area contributed by atoms with Gasteiger partial charge in [0.2, 0.25) is 0 Å². The molecule has 0 radical (unpaired) electrons. The summed E-state index contributed by atoms with van der Waals surface area (Å²) in [5.74, 6) is 2.01. The molecule has 2 N–H and O–H groups in total. The van der Waals surface area contributed by atoms with Gasteiger partial charge >= 0.3 is 0 Å². The lowest BCUT2D eigenvalue weighted by Gasteiger charge is -2.32. The molecule has 1 atom stereocenters. The topological polar surface area (TPSA) is 75.2 Å².